The maximum Gasteiger partial charge on any atom is 0.228 e. The predicted octanol–water partition coefficient (Wildman–Crippen LogP) is 5.24. The number of benzene rings is 2. The molecule has 2 unspecified atom stereocenters. The molecule has 4 nitrogen and oxygen atoms in total. The number of fused-ring (bicyclic) bond motifs is 1. The van der Waals surface area contributed by atoms with Gasteiger partial charge in [0, 0.05) is 23.1 Å². The van der Waals surface area contributed by atoms with Crippen molar-refractivity contribution in [3.05, 3.63) is 59.2 Å². The molecule has 1 amide bonds. The van der Waals surface area contributed by atoms with Crippen LogP contribution in [0.3, 0.4) is 0 Å². The monoisotopic (exact) mass is 452 g/mol. The smallest absolute Gasteiger partial charge is 0.228 e. The van der Waals surface area contributed by atoms with Crippen molar-refractivity contribution in [1.29, 1.82) is 0 Å². The van der Waals surface area contributed by atoms with Gasteiger partial charge >= 0.3 is 0 Å². The van der Waals surface area contributed by atoms with E-state index in [2.05, 4.69) is 35.5 Å². The number of rotatable bonds is 3. The van der Waals surface area contributed by atoms with Gasteiger partial charge in [0.1, 0.15) is 5.75 Å². The zero-order chi connectivity index (χ0) is 21.2. The Morgan fingerprint density at radius 2 is 1.94 bits per heavy atom. The number of hydrogen-bond acceptors (Lipinski definition) is 3. The molecule has 2 bridgehead atoms. The zero-order valence-electron chi connectivity index (χ0n) is 18.7. The van der Waals surface area contributed by atoms with E-state index in [-0.39, 0.29) is 35.9 Å². The van der Waals surface area contributed by atoms with Crippen molar-refractivity contribution >= 4 is 24.0 Å². The second kappa shape index (κ2) is 8.07. The third-order valence-corrected chi connectivity index (χ3v) is 8.83. The molecule has 3 fully saturated rings. The molecule has 1 aliphatic heterocycles. The van der Waals surface area contributed by atoms with Gasteiger partial charge in [0.2, 0.25) is 5.91 Å². The number of aromatic hydroxyl groups is 1. The van der Waals surface area contributed by atoms with E-state index in [1.807, 2.05) is 12.1 Å². The maximum atomic E-state index is 12.9. The van der Waals surface area contributed by atoms with E-state index < -0.39 is 0 Å². The van der Waals surface area contributed by atoms with Crippen LogP contribution in [0.5, 0.6) is 5.75 Å². The summed E-state index contributed by atoms with van der Waals surface area (Å²) >= 11 is 0. The molecule has 2 N–H and O–H groups in total. The molecule has 2 aromatic rings. The van der Waals surface area contributed by atoms with Gasteiger partial charge < -0.3 is 15.3 Å². The highest BCUT2D eigenvalue weighted by molar-refractivity contribution is 5.95. The van der Waals surface area contributed by atoms with Crippen LogP contribution in [0, 0.1) is 11.8 Å². The number of halogens is 1. The molecule has 2 aromatic carbocycles. The molecule has 0 radical (unpaired) electrons. The number of piperidine rings is 1. The molecule has 2 saturated carbocycles. The molecule has 1 saturated heterocycles. The first-order valence-electron chi connectivity index (χ1n) is 12.0. The molecular weight excluding hydrogens is 420 g/mol. The summed E-state index contributed by atoms with van der Waals surface area (Å²) in [7, 11) is 2.30. The number of likely N-dealkylation sites (N-methyl/N-ethyl adjacent to an activating group) is 1. The average Bonchev–Trinajstić information content (AvgIpc) is 3.58. The van der Waals surface area contributed by atoms with Crippen LogP contribution < -0.4 is 5.32 Å². The lowest BCUT2D eigenvalue weighted by atomic mass is 9.52. The number of carbonyl (C=O) groups is 1. The van der Waals surface area contributed by atoms with E-state index in [0.717, 1.165) is 30.0 Å². The number of anilines is 1. The number of carbonyl (C=O) groups excluding carboxylic acids is 1. The van der Waals surface area contributed by atoms with Crippen LogP contribution in [-0.4, -0.2) is 35.5 Å². The van der Waals surface area contributed by atoms with E-state index in [9.17, 15) is 9.90 Å². The van der Waals surface area contributed by atoms with Crippen molar-refractivity contribution in [1.82, 2.24) is 4.90 Å². The summed E-state index contributed by atoms with van der Waals surface area (Å²) in [5.41, 5.74) is 5.49. The van der Waals surface area contributed by atoms with Crippen molar-refractivity contribution in [3.8, 4) is 5.75 Å². The zero-order valence-corrected chi connectivity index (χ0v) is 19.5. The van der Waals surface area contributed by atoms with Crippen LogP contribution in [0.25, 0.3) is 0 Å². The van der Waals surface area contributed by atoms with Gasteiger partial charge in [0.05, 0.1) is 0 Å². The van der Waals surface area contributed by atoms with E-state index in [4.69, 9.17) is 0 Å². The largest absolute Gasteiger partial charge is 0.508 e. The Morgan fingerprint density at radius 1 is 1.12 bits per heavy atom. The summed E-state index contributed by atoms with van der Waals surface area (Å²) in [5.74, 6) is 1.50. The quantitative estimate of drug-likeness (QED) is 0.669. The number of likely N-dealkylation sites (tertiary alicyclic amines) is 1. The van der Waals surface area contributed by atoms with Gasteiger partial charge in [-0.1, -0.05) is 31.0 Å². The molecule has 0 spiro atoms. The summed E-state index contributed by atoms with van der Waals surface area (Å²) in [6.07, 6.45) is 8.71. The molecule has 1 heterocycles. The Bertz CT molecular complexity index is 1020. The molecule has 170 valence electrons. The Kier molecular flexibility index (Phi) is 5.50. The van der Waals surface area contributed by atoms with Gasteiger partial charge in [-0.2, -0.15) is 0 Å². The number of amides is 1. The summed E-state index contributed by atoms with van der Waals surface area (Å²) in [6, 6.07) is 14.7. The number of phenols is 1. The van der Waals surface area contributed by atoms with Gasteiger partial charge in [-0.05, 0) is 98.5 Å². The standard InChI is InChI=1S/C27H32N2O2.ClH/c1-29-13-12-27-11-3-2-4-24(27)25(29)15-18-14-19(7-10-23(18)27)28-26(31)22-16-21(22)17-5-8-20(30)9-6-17;/h5-10,14,21-22,24-25,30H,2-4,11-13,15-16H2,1H3,(H,28,31);1H/t21?,22?,24-,25+,27-;/m0./s1. The fourth-order valence-electron chi connectivity index (χ4n) is 7.11. The van der Waals surface area contributed by atoms with Crippen molar-refractivity contribution in [2.45, 2.75) is 62.3 Å². The Balaban J connectivity index is 0.00000216. The van der Waals surface area contributed by atoms with E-state index >= 15 is 0 Å². The maximum absolute atomic E-state index is 12.9. The summed E-state index contributed by atoms with van der Waals surface area (Å²) < 4.78 is 0. The highest BCUT2D eigenvalue weighted by atomic mass is 35.5. The number of phenolic OH excluding ortho intramolecular Hbond substituents is 1. The Hall–Kier alpha value is -2.04. The Morgan fingerprint density at radius 3 is 2.75 bits per heavy atom. The van der Waals surface area contributed by atoms with Gasteiger partial charge in [-0.25, -0.2) is 0 Å². The second-order valence-electron chi connectivity index (χ2n) is 10.4. The van der Waals surface area contributed by atoms with Crippen molar-refractivity contribution < 1.29 is 9.90 Å². The first-order chi connectivity index (χ1) is 15.0. The van der Waals surface area contributed by atoms with Gasteiger partial charge in [0.15, 0.2) is 0 Å². The molecule has 4 aliphatic rings. The third-order valence-electron chi connectivity index (χ3n) is 8.83. The van der Waals surface area contributed by atoms with Gasteiger partial charge in [0.25, 0.3) is 0 Å². The predicted molar refractivity (Wildman–Crippen MR) is 130 cm³/mol. The van der Waals surface area contributed by atoms with Crippen molar-refractivity contribution in [2.24, 2.45) is 11.8 Å². The lowest BCUT2D eigenvalue weighted by Crippen LogP contribution is -2.59. The summed E-state index contributed by atoms with van der Waals surface area (Å²) in [6.45, 7) is 1.21. The minimum atomic E-state index is 0. The highest BCUT2D eigenvalue weighted by Crippen LogP contribution is 2.56. The third kappa shape index (κ3) is 3.43. The normalized spacial score (nSPS) is 32.8. The second-order valence-corrected chi connectivity index (χ2v) is 10.4. The molecule has 3 aliphatic carbocycles. The summed E-state index contributed by atoms with van der Waals surface area (Å²) in [4.78, 5) is 15.5. The van der Waals surface area contributed by atoms with Crippen LogP contribution in [0.4, 0.5) is 5.69 Å². The number of hydrogen-bond donors (Lipinski definition) is 2. The number of nitrogens with zero attached hydrogens (tertiary/aromatic N) is 1. The molecule has 6 rings (SSSR count). The van der Waals surface area contributed by atoms with Crippen LogP contribution in [0.15, 0.2) is 42.5 Å². The van der Waals surface area contributed by atoms with Crippen LogP contribution in [0.1, 0.15) is 61.1 Å². The molecule has 0 aromatic heterocycles. The Labute approximate surface area is 196 Å². The lowest BCUT2D eigenvalue weighted by molar-refractivity contribution is -0.117. The molecule has 32 heavy (non-hydrogen) atoms. The number of nitrogens with one attached hydrogen (secondary N) is 1. The first kappa shape index (κ1) is 21.8. The average molecular weight is 453 g/mol. The topological polar surface area (TPSA) is 52.6 Å². The minimum absolute atomic E-state index is 0. The molecule has 5 atom stereocenters. The van der Waals surface area contributed by atoms with E-state index in [1.165, 1.54) is 44.2 Å². The van der Waals surface area contributed by atoms with Crippen LogP contribution in [-0.2, 0) is 16.6 Å². The van der Waals surface area contributed by atoms with Gasteiger partial charge in [-0.3, -0.25) is 4.79 Å². The molecule has 5 heteroatoms. The van der Waals surface area contributed by atoms with E-state index in [1.54, 1.807) is 17.7 Å². The fourth-order valence-corrected chi connectivity index (χ4v) is 7.11. The van der Waals surface area contributed by atoms with E-state index in [0.29, 0.717) is 11.5 Å². The van der Waals surface area contributed by atoms with Crippen molar-refractivity contribution in [3.63, 3.8) is 0 Å². The van der Waals surface area contributed by atoms with Gasteiger partial charge in [-0.15, -0.1) is 12.4 Å². The summed E-state index contributed by atoms with van der Waals surface area (Å²) in [5, 5.41) is 12.7. The highest BCUT2D eigenvalue weighted by Gasteiger charge is 2.53. The fraction of sp³-hybridized carbons (Fsp3) is 0.519. The van der Waals surface area contributed by atoms with Crippen LogP contribution in [0.2, 0.25) is 0 Å². The minimum Gasteiger partial charge on any atom is -0.508 e. The SMILES string of the molecule is CN1CC[C@]23CCCC[C@H]2[C@H]1Cc1cc(NC(=O)C2CC2c2ccc(O)cc2)ccc13.Cl. The van der Waals surface area contributed by atoms with Crippen LogP contribution >= 0.6 is 12.4 Å². The first-order valence-corrected chi connectivity index (χ1v) is 12.0. The van der Waals surface area contributed by atoms with Crippen molar-refractivity contribution in [2.75, 3.05) is 18.9 Å². The molecular formula is C27H33ClN2O2. The lowest BCUT2D eigenvalue weighted by Gasteiger charge is -2.58.